The zero-order chi connectivity index (χ0) is 18.9. The van der Waals surface area contributed by atoms with Gasteiger partial charge in [0.25, 0.3) is 0 Å². The van der Waals surface area contributed by atoms with E-state index in [0.29, 0.717) is 18.8 Å². The van der Waals surface area contributed by atoms with Crippen LogP contribution in [0, 0.1) is 0 Å². The Labute approximate surface area is 159 Å². The summed E-state index contributed by atoms with van der Waals surface area (Å²) in [7, 11) is 1.60. The Bertz CT molecular complexity index is 827. The monoisotopic (exact) mass is 367 g/mol. The number of ether oxygens (including phenoxy) is 2. The van der Waals surface area contributed by atoms with Crippen LogP contribution in [0.4, 0.5) is 0 Å². The molecule has 1 saturated heterocycles. The van der Waals surface area contributed by atoms with Crippen molar-refractivity contribution in [3.8, 4) is 11.5 Å². The van der Waals surface area contributed by atoms with E-state index in [4.69, 9.17) is 9.47 Å². The van der Waals surface area contributed by atoms with Gasteiger partial charge in [-0.1, -0.05) is 30.3 Å². The fourth-order valence-corrected chi connectivity index (χ4v) is 4.32. The highest BCUT2D eigenvalue weighted by atomic mass is 16.5. The molecule has 27 heavy (non-hydrogen) atoms. The molecule has 4 rings (SSSR count). The molecule has 1 fully saturated rings. The van der Waals surface area contributed by atoms with Gasteiger partial charge in [0.1, 0.15) is 23.1 Å². The molecule has 0 aliphatic carbocycles. The number of hydrogen-bond acceptors (Lipinski definition) is 4. The molecule has 0 aromatic heterocycles. The van der Waals surface area contributed by atoms with Crippen LogP contribution in [0.15, 0.2) is 48.5 Å². The number of aliphatic carboxylic acids is 1. The molecule has 2 aromatic rings. The zero-order valence-corrected chi connectivity index (χ0v) is 15.6. The van der Waals surface area contributed by atoms with Crippen LogP contribution in [0.25, 0.3) is 0 Å². The molecule has 2 aliphatic heterocycles. The number of nitrogens with zero attached hydrogens (tertiary/aromatic N) is 1. The first-order chi connectivity index (χ1) is 13.1. The standard InChI is InChI=1S/C22H25NO4/c1-26-18-7-4-6-17(15-18)20(21(24)25)23-13-11-22(12-14-23)10-9-16-5-2-3-8-19(16)27-22/h2-8,15,20H,9-14H2,1H3,(H,24,25). The van der Waals surface area contributed by atoms with Crippen LogP contribution in [-0.2, 0) is 11.2 Å². The van der Waals surface area contributed by atoms with E-state index in [1.54, 1.807) is 7.11 Å². The van der Waals surface area contributed by atoms with Crippen molar-refractivity contribution < 1.29 is 19.4 Å². The van der Waals surface area contributed by atoms with Gasteiger partial charge < -0.3 is 14.6 Å². The quantitative estimate of drug-likeness (QED) is 0.893. The van der Waals surface area contributed by atoms with E-state index in [9.17, 15) is 9.90 Å². The first kappa shape index (κ1) is 17.9. The van der Waals surface area contributed by atoms with Gasteiger partial charge in [0.15, 0.2) is 0 Å². The average Bonchev–Trinajstić information content (AvgIpc) is 2.70. The SMILES string of the molecule is COc1cccc(C(C(=O)O)N2CCC3(CCc4ccccc4O3)CC2)c1. The maximum atomic E-state index is 12.0. The molecule has 1 spiro atoms. The number of para-hydroxylation sites is 1. The summed E-state index contributed by atoms with van der Waals surface area (Å²) in [5, 5.41) is 9.86. The normalized spacial score (nSPS) is 19.7. The van der Waals surface area contributed by atoms with Crippen molar-refractivity contribution in [2.75, 3.05) is 20.2 Å². The molecule has 2 aliphatic rings. The Balaban J connectivity index is 1.50. The maximum absolute atomic E-state index is 12.0. The van der Waals surface area contributed by atoms with Gasteiger partial charge >= 0.3 is 5.97 Å². The molecule has 1 N–H and O–H groups in total. The summed E-state index contributed by atoms with van der Waals surface area (Å²) in [6.45, 7) is 1.41. The van der Waals surface area contributed by atoms with Gasteiger partial charge in [0, 0.05) is 13.1 Å². The maximum Gasteiger partial charge on any atom is 0.325 e. The topological polar surface area (TPSA) is 59.0 Å². The Morgan fingerprint density at radius 1 is 1.15 bits per heavy atom. The molecule has 5 heteroatoms. The number of fused-ring (bicyclic) bond motifs is 1. The van der Waals surface area contributed by atoms with Crippen molar-refractivity contribution in [3.63, 3.8) is 0 Å². The number of rotatable bonds is 4. The van der Waals surface area contributed by atoms with Crippen molar-refractivity contribution in [3.05, 3.63) is 59.7 Å². The molecule has 2 aromatic carbocycles. The Kier molecular flexibility index (Phi) is 4.79. The Morgan fingerprint density at radius 2 is 1.93 bits per heavy atom. The number of benzene rings is 2. The van der Waals surface area contributed by atoms with Crippen molar-refractivity contribution >= 4 is 5.97 Å². The van der Waals surface area contributed by atoms with E-state index >= 15 is 0 Å². The second kappa shape index (κ2) is 7.24. The number of carbonyl (C=O) groups is 1. The van der Waals surface area contributed by atoms with E-state index < -0.39 is 12.0 Å². The molecule has 1 unspecified atom stereocenters. The van der Waals surface area contributed by atoms with E-state index in [1.165, 1.54) is 5.56 Å². The minimum absolute atomic E-state index is 0.164. The van der Waals surface area contributed by atoms with Gasteiger partial charge in [-0.15, -0.1) is 0 Å². The summed E-state index contributed by atoms with van der Waals surface area (Å²) in [6, 6.07) is 14.9. The summed E-state index contributed by atoms with van der Waals surface area (Å²) < 4.78 is 11.7. The molecular formula is C22H25NO4. The molecular weight excluding hydrogens is 342 g/mol. The lowest BCUT2D eigenvalue weighted by Crippen LogP contribution is -2.51. The summed E-state index contributed by atoms with van der Waals surface area (Å²) in [5.74, 6) is 0.841. The van der Waals surface area contributed by atoms with E-state index in [0.717, 1.165) is 37.0 Å². The number of likely N-dealkylation sites (tertiary alicyclic amines) is 1. The predicted octanol–water partition coefficient (Wildman–Crippen LogP) is 3.68. The number of hydrogen-bond donors (Lipinski definition) is 1. The third kappa shape index (κ3) is 3.52. The minimum atomic E-state index is -0.825. The average molecular weight is 367 g/mol. The number of carboxylic acid groups (broad SMARTS) is 1. The van der Waals surface area contributed by atoms with Crippen LogP contribution in [0.2, 0.25) is 0 Å². The predicted molar refractivity (Wildman–Crippen MR) is 102 cm³/mol. The summed E-state index contributed by atoms with van der Waals surface area (Å²) >= 11 is 0. The van der Waals surface area contributed by atoms with Gasteiger partial charge in [-0.2, -0.15) is 0 Å². The van der Waals surface area contributed by atoms with Crippen LogP contribution in [-0.4, -0.2) is 41.8 Å². The molecule has 1 atom stereocenters. The Hall–Kier alpha value is -2.53. The highest BCUT2D eigenvalue weighted by molar-refractivity contribution is 5.75. The second-order valence-electron chi connectivity index (χ2n) is 7.45. The van der Waals surface area contributed by atoms with E-state index in [2.05, 4.69) is 6.07 Å². The first-order valence-corrected chi connectivity index (χ1v) is 9.48. The van der Waals surface area contributed by atoms with Crippen molar-refractivity contribution in [1.29, 1.82) is 0 Å². The second-order valence-corrected chi connectivity index (χ2v) is 7.45. The Morgan fingerprint density at radius 3 is 2.67 bits per heavy atom. The van der Waals surface area contributed by atoms with Gasteiger partial charge in [-0.05, 0) is 55.0 Å². The fraction of sp³-hybridized carbons (Fsp3) is 0.409. The molecule has 2 heterocycles. The molecule has 142 valence electrons. The largest absolute Gasteiger partial charge is 0.497 e. The number of aryl methyl sites for hydroxylation is 1. The van der Waals surface area contributed by atoms with Crippen LogP contribution in [0.3, 0.4) is 0 Å². The third-order valence-electron chi connectivity index (χ3n) is 5.87. The van der Waals surface area contributed by atoms with Crippen molar-refractivity contribution in [1.82, 2.24) is 4.90 Å². The lowest BCUT2D eigenvalue weighted by Gasteiger charge is -2.45. The lowest BCUT2D eigenvalue weighted by atomic mass is 9.82. The van der Waals surface area contributed by atoms with Crippen LogP contribution < -0.4 is 9.47 Å². The molecule has 0 amide bonds. The summed E-state index contributed by atoms with van der Waals surface area (Å²) in [4.78, 5) is 14.1. The smallest absolute Gasteiger partial charge is 0.325 e. The lowest BCUT2D eigenvalue weighted by molar-refractivity contribution is -0.145. The molecule has 0 bridgehead atoms. The highest BCUT2D eigenvalue weighted by Gasteiger charge is 2.42. The van der Waals surface area contributed by atoms with Crippen LogP contribution in [0.5, 0.6) is 11.5 Å². The summed E-state index contributed by atoms with van der Waals surface area (Å²) in [6.07, 6.45) is 3.70. The zero-order valence-electron chi connectivity index (χ0n) is 15.6. The van der Waals surface area contributed by atoms with Gasteiger partial charge in [0.05, 0.1) is 7.11 Å². The summed E-state index contributed by atoms with van der Waals surface area (Å²) in [5.41, 5.74) is 1.86. The fourth-order valence-electron chi connectivity index (χ4n) is 4.32. The van der Waals surface area contributed by atoms with Crippen LogP contribution in [0.1, 0.15) is 36.4 Å². The number of methoxy groups -OCH3 is 1. The number of carboxylic acids is 1. The number of piperidine rings is 1. The van der Waals surface area contributed by atoms with Crippen LogP contribution >= 0.6 is 0 Å². The minimum Gasteiger partial charge on any atom is -0.497 e. The van der Waals surface area contributed by atoms with Gasteiger partial charge in [-0.3, -0.25) is 9.69 Å². The third-order valence-corrected chi connectivity index (χ3v) is 5.87. The van der Waals surface area contributed by atoms with E-state index in [1.807, 2.05) is 47.4 Å². The molecule has 0 saturated carbocycles. The molecule has 5 nitrogen and oxygen atoms in total. The van der Waals surface area contributed by atoms with Gasteiger partial charge in [0.2, 0.25) is 0 Å². The van der Waals surface area contributed by atoms with Gasteiger partial charge in [-0.25, -0.2) is 0 Å². The van der Waals surface area contributed by atoms with E-state index in [-0.39, 0.29) is 5.60 Å². The molecule has 0 radical (unpaired) electrons. The highest BCUT2D eigenvalue weighted by Crippen LogP contribution is 2.40. The van der Waals surface area contributed by atoms with Crippen molar-refractivity contribution in [2.45, 2.75) is 37.3 Å². The van der Waals surface area contributed by atoms with Crippen molar-refractivity contribution in [2.24, 2.45) is 0 Å². The first-order valence-electron chi connectivity index (χ1n) is 9.48.